The fraction of sp³-hybridized carbons (Fsp3) is 0.385. The molecule has 0 aliphatic heterocycles. The van der Waals surface area contributed by atoms with Crippen molar-refractivity contribution in [1.82, 2.24) is 5.32 Å². The van der Waals surface area contributed by atoms with Gasteiger partial charge in [0.1, 0.15) is 5.75 Å². The lowest BCUT2D eigenvalue weighted by molar-refractivity contribution is -0.136. The summed E-state index contributed by atoms with van der Waals surface area (Å²) in [6.45, 7) is 4.30. The molecule has 5 heteroatoms. The minimum Gasteiger partial charge on any atom is -0.495 e. The number of aryl methyl sites for hydroxylation is 1. The highest BCUT2D eigenvalue weighted by molar-refractivity contribution is 6.39. The van der Waals surface area contributed by atoms with E-state index in [9.17, 15) is 9.59 Å². The van der Waals surface area contributed by atoms with Crippen molar-refractivity contribution in [2.45, 2.75) is 20.3 Å². The molecule has 0 atom stereocenters. The van der Waals surface area contributed by atoms with Crippen LogP contribution in [0.4, 0.5) is 5.69 Å². The van der Waals surface area contributed by atoms with Crippen LogP contribution in [0.2, 0.25) is 0 Å². The minimum absolute atomic E-state index is 0.483. The molecule has 18 heavy (non-hydrogen) atoms. The number of carbonyl (C=O) groups is 2. The number of benzene rings is 1. The lowest BCUT2D eigenvalue weighted by atomic mass is 10.2. The molecular weight excluding hydrogens is 232 g/mol. The molecule has 0 aromatic heterocycles. The lowest BCUT2D eigenvalue weighted by Crippen LogP contribution is -2.35. The van der Waals surface area contributed by atoms with Crippen molar-refractivity contribution in [3.63, 3.8) is 0 Å². The summed E-state index contributed by atoms with van der Waals surface area (Å²) in [5.74, 6) is -0.801. The van der Waals surface area contributed by atoms with Crippen molar-refractivity contribution in [3.8, 4) is 5.75 Å². The van der Waals surface area contributed by atoms with Gasteiger partial charge in [0.25, 0.3) is 0 Å². The van der Waals surface area contributed by atoms with E-state index >= 15 is 0 Å². The largest absolute Gasteiger partial charge is 0.495 e. The first-order valence-electron chi connectivity index (χ1n) is 5.82. The van der Waals surface area contributed by atoms with Gasteiger partial charge in [0.05, 0.1) is 12.8 Å². The summed E-state index contributed by atoms with van der Waals surface area (Å²) in [7, 11) is 1.51. The molecule has 1 aromatic carbocycles. The third-order valence-corrected chi connectivity index (χ3v) is 2.34. The molecule has 0 heterocycles. The van der Waals surface area contributed by atoms with Gasteiger partial charge in [0.15, 0.2) is 0 Å². The lowest BCUT2D eigenvalue weighted by Gasteiger charge is -2.10. The molecule has 5 nitrogen and oxygen atoms in total. The van der Waals surface area contributed by atoms with Crippen LogP contribution in [0.15, 0.2) is 18.2 Å². The maximum atomic E-state index is 11.6. The Morgan fingerprint density at radius 3 is 2.61 bits per heavy atom. The third-order valence-electron chi connectivity index (χ3n) is 2.34. The maximum absolute atomic E-state index is 11.6. The number of carbonyl (C=O) groups excluding carboxylic acids is 2. The Kier molecular flexibility index (Phi) is 5.17. The van der Waals surface area contributed by atoms with Crippen LogP contribution in [0.1, 0.15) is 18.9 Å². The van der Waals surface area contributed by atoms with Crippen LogP contribution in [-0.4, -0.2) is 25.5 Å². The molecule has 0 saturated carbocycles. The Balaban J connectivity index is 2.74. The smallest absolute Gasteiger partial charge is 0.313 e. The second-order valence-corrected chi connectivity index (χ2v) is 3.91. The molecule has 1 aromatic rings. The van der Waals surface area contributed by atoms with Crippen LogP contribution < -0.4 is 15.4 Å². The predicted octanol–water partition coefficient (Wildman–Crippen LogP) is 1.47. The van der Waals surface area contributed by atoms with Crippen molar-refractivity contribution < 1.29 is 14.3 Å². The molecule has 0 spiro atoms. The van der Waals surface area contributed by atoms with Crippen molar-refractivity contribution in [3.05, 3.63) is 23.8 Å². The topological polar surface area (TPSA) is 67.4 Å². The SMILES string of the molecule is CCCNC(=O)C(=O)Nc1cc(C)ccc1OC. The molecule has 2 amide bonds. The van der Waals surface area contributed by atoms with Crippen LogP contribution in [0, 0.1) is 6.92 Å². The Morgan fingerprint density at radius 1 is 1.28 bits per heavy atom. The zero-order valence-electron chi connectivity index (χ0n) is 10.9. The highest BCUT2D eigenvalue weighted by atomic mass is 16.5. The highest BCUT2D eigenvalue weighted by Gasteiger charge is 2.14. The summed E-state index contributed by atoms with van der Waals surface area (Å²) >= 11 is 0. The van der Waals surface area contributed by atoms with E-state index < -0.39 is 11.8 Å². The average Bonchev–Trinajstić information content (AvgIpc) is 2.36. The van der Waals surface area contributed by atoms with Crippen molar-refractivity contribution in [2.75, 3.05) is 19.0 Å². The first-order chi connectivity index (χ1) is 8.58. The van der Waals surface area contributed by atoms with Crippen molar-refractivity contribution in [1.29, 1.82) is 0 Å². The van der Waals surface area contributed by atoms with E-state index in [2.05, 4.69) is 10.6 Å². The molecule has 0 aliphatic rings. The summed E-state index contributed by atoms with van der Waals surface area (Å²) in [6, 6.07) is 5.37. The third kappa shape index (κ3) is 3.76. The van der Waals surface area contributed by atoms with Gasteiger partial charge in [0.2, 0.25) is 0 Å². The zero-order chi connectivity index (χ0) is 13.5. The number of hydrogen-bond donors (Lipinski definition) is 2. The van der Waals surface area contributed by atoms with Gasteiger partial charge in [-0.05, 0) is 31.0 Å². The van der Waals surface area contributed by atoms with Crippen LogP contribution in [0.25, 0.3) is 0 Å². The molecular formula is C13H18N2O3. The number of rotatable bonds is 4. The van der Waals surface area contributed by atoms with E-state index in [1.807, 2.05) is 19.9 Å². The Hall–Kier alpha value is -2.04. The number of nitrogens with one attached hydrogen (secondary N) is 2. The molecule has 0 radical (unpaired) electrons. The van der Waals surface area contributed by atoms with E-state index in [0.29, 0.717) is 18.0 Å². The molecule has 0 aliphatic carbocycles. The molecule has 0 bridgehead atoms. The van der Waals surface area contributed by atoms with E-state index in [-0.39, 0.29) is 0 Å². The van der Waals surface area contributed by atoms with E-state index in [0.717, 1.165) is 12.0 Å². The average molecular weight is 250 g/mol. The van der Waals surface area contributed by atoms with Gasteiger partial charge >= 0.3 is 11.8 Å². The predicted molar refractivity (Wildman–Crippen MR) is 69.7 cm³/mol. The summed E-state index contributed by atoms with van der Waals surface area (Å²) in [6.07, 6.45) is 0.785. The van der Waals surface area contributed by atoms with Crippen LogP contribution in [0.3, 0.4) is 0 Å². The zero-order valence-corrected chi connectivity index (χ0v) is 10.9. The summed E-state index contributed by atoms with van der Waals surface area (Å²) in [5.41, 5.74) is 1.47. The van der Waals surface area contributed by atoms with Crippen molar-refractivity contribution in [2.24, 2.45) is 0 Å². The molecule has 98 valence electrons. The standard InChI is InChI=1S/C13H18N2O3/c1-4-7-14-12(16)13(17)15-10-8-9(2)5-6-11(10)18-3/h5-6,8H,4,7H2,1-3H3,(H,14,16)(H,15,17). The number of ether oxygens (including phenoxy) is 1. The van der Waals surface area contributed by atoms with E-state index in [4.69, 9.17) is 4.74 Å². The second kappa shape index (κ2) is 6.64. The van der Waals surface area contributed by atoms with Gasteiger partial charge in [-0.3, -0.25) is 9.59 Å². The molecule has 0 saturated heterocycles. The monoisotopic (exact) mass is 250 g/mol. The van der Waals surface area contributed by atoms with Crippen LogP contribution in [-0.2, 0) is 9.59 Å². The van der Waals surface area contributed by atoms with Crippen molar-refractivity contribution >= 4 is 17.5 Å². The fourth-order valence-electron chi connectivity index (χ4n) is 1.42. The van der Waals surface area contributed by atoms with E-state index in [1.54, 1.807) is 12.1 Å². The highest BCUT2D eigenvalue weighted by Crippen LogP contribution is 2.24. The molecule has 2 N–H and O–H groups in total. The number of anilines is 1. The minimum atomic E-state index is -0.688. The molecule has 1 rings (SSSR count). The van der Waals surface area contributed by atoms with Gasteiger partial charge in [-0.2, -0.15) is 0 Å². The summed E-state index contributed by atoms with van der Waals surface area (Å²) < 4.78 is 5.12. The van der Waals surface area contributed by atoms with Gasteiger partial charge in [-0.25, -0.2) is 0 Å². The molecule has 0 unspecified atom stereocenters. The first-order valence-corrected chi connectivity index (χ1v) is 5.82. The summed E-state index contributed by atoms with van der Waals surface area (Å²) in [4.78, 5) is 23.0. The number of hydrogen-bond acceptors (Lipinski definition) is 3. The van der Waals surface area contributed by atoms with Gasteiger partial charge in [-0.15, -0.1) is 0 Å². The second-order valence-electron chi connectivity index (χ2n) is 3.91. The fourth-order valence-corrected chi connectivity index (χ4v) is 1.42. The normalized spacial score (nSPS) is 9.72. The van der Waals surface area contributed by atoms with Gasteiger partial charge < -0.3 is 15.4 Å². The number of amides is 2. The summed E-state index contributed by atoms with van der Waals surface area (Å²) in [5, 5.41) is 5.05. The Bertz CT molecular complexity index is 444. The first kappa shape index (κ1) is 14.0. The Morgan fingerprint density at radius 2 is 2.00 bits per heavy atom. The van der Waals surface area contributed by atoms with Gasteiger partial charge in [0, 0.05) is 6.54 Å². The quantitative estimate of drug-likeness (QED) is 0.795. The maximum Gasteiger partial charge on any atom is 0.313 e. The van der Waals surface area contributed by atoms with Crippen LogP contribution >= 0.6 is 0 Å². The van der Waals surface area contributed by atoms with E-state index in [1.165, 1.54) is 7.11 Å². The Labute approximate surface area is 107 Å². The molecule has 0 fully saturated rings. The van der Waals surface area contributed by atoms with Crippen LogP contribution in [0.5, 0.6) is 5.75 Å². The number of methoxy groups -OCH3 is 1. The van der Waals surface area contributed by atoms with Gasteiger partial charge in [-0.1, -0.05) is 13.0 Å².